The number of benzene rings is 2. The number of nitrogens with zero attached hydrogens (tertiary/aromatic N) is 1. The number of amides is 2. The molecule has 0 saturated carbocycles. The fourth-order valence-electron chi connectivity index (χ4n) is 2.83. The minimum absolute atomic E-state index is 0.148. The van der Waals surface area contributed by atoms with Crippen molar-refractivity contribution in [1.29, 1.82) is 0 Å². The molecule has 2 N–H and O–H groups in total. The normalized spacial score (nSPS) is 11.8. The molecule has 2 amide bonds. The highest BCUT2D eigenvalue weighted by molar-refractivity contribution is 7.22. The monoisotopic (exact) mass is 425 g/mol. The smallest absolute Gasteiger partial charge is 0.329 e. The fraction of sp³-hybridized carbons (Fsp3) is 0.273. The Morgan fingerprint density at radius 3 is 2.43 bits per heavy atom. The number of rotatable bonds is 8. The van der Waals surface area contributed by atoms with E-state index in [-0.39, 0.29) is 11.8 Å². The lowest BCUT2D eigenvalue weighted by molar-refractivity contribution is -0.149. The van der Waals surface area contributed by atoms with E-state index in [2.05, 4.69) is 15.6 Å². The van der Waals surface area contributed by atoms with E-state index in [1.165, 1.54) is 11.3 Å². The van der Waals surface area contributed by atoms with Crippen LogP contribution in [0.5, 0.6) is 0 Å². The summed E-state index contributed by atoms with van der Waals surface area (Å²) in [5.41, 5.74) is 1.24. The number of fused-ring (bicyclic) bond motifs is 1. The second kappa shape index (κ2) is 9.98. The predicted octanol–water partition coefficient (Wildman–Crippen LogP) is 3.62. The average Bonchev–Trinajstić information content (AvgIpc) is 3.14. The molecular weight excluding hydrogens is 402 g/mol. The number of esters is 1. The zero-order valence-electron chi connectivity index (χ0n) is 16.8. The fourth-order valence-corrected chi connectivity index (χ4v) is 3.72. The molecule has 1 unspecified atom stereocenters. The molecule has 8 heteroatoms. The summed E-state index contributed by atoms with van der Waals surface area (Å²) < 4.78 is 6.11. The van der Waals surface area contributed by atoms with Gasteiger partial charge in [0.25, 0.3) is 11.8 Å². The van der Waals surface area contributed by atoms with Gasteiger partial charge in [-0.2, -0.15) is 0 Å². The van der Waals surface area contributed by atoms with Crippen LogP contribution in [0.3, 0.4) is 0 Å². The van der Waals surface area contributed by atoms with Crippen molar-refractivity contribution in [3.63, 3.8) is 0 Å². The maximum Gasteiger partial charge on any atom is 0.329 e. The molecule has 3 rings (SSSR count). The van der Waals surface area contributed by atoms with Crippen molar-refractivity contribution in [1.82, 2.24) is 10.3 Å². The summed E-state index contributed by atoms with van der Waals surface area (Å²) in [6.07, 6.45) is 0.400. The van der Waals surface area contributed by atoms with Crippen LogP contribution >= 0.6 is 11.3 Å². The van der Waals surface area contributed by atoms with Crippen LogP contribution in [0.25, 0.3) is 10.2 Å². The van der Waals surface area contributed by atoms with Gasteiger partial charge in [0.05, 0.1) is 10.2 Å². The highest BCUT2D eigenvalue weighted by atomic mass is 32.1. The van der Waals surface area contributed by atoms with Crippen molar-refractivity contribution in [3.05, 3.63) is 60.2 Å². The number of aromatic nitrogens is 1. The summed E-state index contributed by atoms with van der Waals surface area (Å²) in [4.78, 5) is 41.4. The van der Waals surface area contributed by atoms with Gasteiger partial charge in [0.15, 0.2) is 11.7 Å². The Labute approximate surface area is 178 Å². The van der Waals surface area contributed by atoms with E-state index in [1.54, 1.807) is 30.3 Å². The quantitative estimate of drug-likeness (QED) is 0.537. The molecule has 156 valence electrons. The molecule has 30 heavy (non-hydrogen) atoms. The summed E-state index contributed by atoms with van der Waals surface area (Å²) in [7, 11) is 0. The number of hydrogen-bond donors (Lipinski definition) is 2. The Bertz CT molecular complexity index is 1000. The molecule has 3 aromatic rings. The van der Waals surface area contributed by atoms with E-state index >= 15 is 0 Å². The van der Waals surface area contributed by atoms with Gasteiger partial charge in [-0.1, -0.05) is 55.5 Å². The zero-order valence-corrected chi connectivity index (χ0v) is 17.6. The number of ether oxygens (including phenoxy) is 1. The largest absolute Gasteiger partial charge is 0.454 e. The van der Waals surface area contributed by atoms with Gasteiger partial charge >= 0.3 is 5.97 Å². The van der Waals surface area contributed by atoms with E-state index in [1.807, 2.05) is 38.1 Å². The number of anilines is 1. The molecule has 0 aliphatic heterocycles. The molecule has 1 aromatic heterocycles. The summed E-state index contributed by atoms with van der Waals surface area (Å²) in [5.74, 6) is -1.35. The van der Waals surface area contributed by atoms with Crippen molar-refractivity contribution in [2.24, 2.45) is 5.92 Å². The standard InChI is InChI=1S/C22H23N3O4S/c1-14(2)12-17(23-20(27)15-8-4-3-5-9-15)21(28)29-13-19(26)25-22-24-16-10-6-7-11-18(16)30-22/h3-11,14,17H,12-13H2,1-2H3,(H,23,27)(H,24,25,26). The van der Waals surface area contributed by atoms with Crippen LogP contribution in [0, 0.1) is 5.92 Å². The molecule has 0 radical (unpaired) electrons. The van der Waals surface area contributed by atoms with Gasteiger partial charge in [0.1, 0.15) is 6.04 Å². The third-order valence-electron chi connectivity index (χ3n) is 4.22. The van der Waals surface area contributed by atoms with Crippen molar-refractivity contribution in [3.8, 4) is 0 Å². The van der Waals surface area contributed by atoms with Gasteiger partial charge in [-0.3, -0.25) is 14.9 Å². The summed E-state index contributed by atoms with van der Waals surface area (Å²) in [6, 6.07) is 15.3. The number of carbonyl (C=O) groups is 3. The van der Waals surface area contributed by atoms with Crippen LogP contribution in [-0.4, -0.2) is 35.4 Å². The van der Waals surface area contributed by atoms with Crippen LogP contribution < -0.4 is 10.6 Å². The third kappa shape index (κ3) is 5.87. The van der Waals surface area contributed by atoms with Crippen molar-refractivity contribution in [2.45, 2.75) is 26.3 Å². The van der Waals surface area contributed by atoms with Gasteiger partial charge in [0, 0.05) is 5.56 Å². The first kappa shape index (κ1) is 21.4. The second-order valence-corrected chi connectivity index (χ2v) is 8.19. The number of nitrogens with one attached hydrogen (secondary N) is 2. The molecule has 0 aliphatic carbocycles. The maximum absolute atomic E-state index is 12.5. The Morgan fingerprint density at radius 1 is 1.03 bits per heavy atom. The van der Waals surface area contributed by atoms with Crippen LogP contribution in [0.1, 0.15) is 30.6 Å². The molecule has 2 aromatic carbocycles. The Hall–Kier alpha value is -3.26. The van der Waals surface area contributed by atoms with E-state index in [0.717, 1.165) is 10.2 Å². The maximum atomic E-state index is 12.5. The molecule has 7 nitrogen and oxygen atoms in total. The van der Waals surface area contributed by atoms with E-state index in [0.29, 0.717) is 17.1 Å². The molecular formula is C22H23N3O4S. The third-order valence-corrected chi connectivity index (χ3v) is 5.17. The molecule has 0 aliphatic rings. The SMILES string of the molecule is CC(C)CC(NC(=O)c1ccccc1)C(=O)OCC(=O)Nc1nc2ccccc2s1. The second-order valence-electron chi connectivity index (χ2n) is 7.16. The lowest BCUT2D eigenvalue weighted by Gasteiger charge is -2.19. The Morgan fingerprint density at radius 2 is 1.73 bits per heavy atom. The van der Waals surface area contributed by atoms with Crippen LogP contribution in [0.2, 0.25) is 0 Å². The van der Waals surface area contributed by atoms with E-state index in [4.69, 9.17) is 4.74 Å². The highest BCUT2D eigenvalue weighted by Crippen LogP contribution is 2.25. The average molecular weight is 426 g/mol. The number of para-hydroxylation sites is 1. The minimum Gasteiger partial charge on any atom is -0.454 e. The molecule has 0 bridgehead atoms. The van der Waals surface area contributed by atoms with E-state index in [9.17, 15) is 14.4 Å². The molecule has 1 atom stereocenters. The summed E-state index contributed by atoms with van der Waals surface area (Å²) in [6.45, 7) is 3.42. The lowest BCUT2D eigenvalue weighted by Crippen LogP contribution is -2.43. The first-order valence-corrected chi connectivity index (χ1v) is 10.4. The summed E-state index contributed by atoms with van der Waals surface area (Å²) in [5, 5.41) is 5.78. The van der Waals surface area contributed by atoms with Gasteiger partial charge in [0.2, 0.25) is 0 Å². The Kier molecular flexibility index (Phi) is 7.13. The van der Waals surface area contributed by atoms with Crippen molar-refractivity contribution in [2.75, 3.05) is 11.9 Å². The molecule has 1 heterocycles. The summed E-state index contributed by atoms with van der Waals surface area (Å²) >= 11 is 1.34. The number of hydrogen-bond acceptors (Lipinski definition) is 6. The first-order valence-electron chi connectivity index (χ1n) is 9.60. The van der Waals surface area contributed by atoms with Crippen molar-refractivity contribution >= 4 is 44.5 Å². The molecule has 0 fully saturated rings. The number of carbonyl (C=O) groups excluding carboxylic acids is 3. The Balaban J connectivity index is 1.56. The van der Waals surface area contributed by atoms with E-state index < -0.39 is 24.5 Å². The predicted molar refractivity (Wildman–Crippen MR) is 116 cm³/mol. The minimum atomic E-state index is -0.840. The number of thiazole rings is 1. The molecule has 0 saturated heterocycles. The zero-order chi connectivity index (χ0) is 21.5. The van der Waals surface area contributed by atoms with Gasteiger partial charge in [-0.25, -0.2) is 9.78 Å². The van der Waals surface area contributed by atoms with Crippen LogP contribution in [0.15, 0.2) is 54.6 Å². The van der Waals surface area contributed by atoms with Gasteiger partial charge in [-0.05, 0) is 36.6 Å². The first-order chi connectivity index (χ1) is 14.4. The topological polar surface area (TPSA) is 97.4 Å². The highest BCUT2D eigenvalue weighted by Gasteiger charge is 2.24. The van der Waals surface area contributed by atoms with Gasteiger partial charge < -0.3 is 10.1 Å². The van der Waals surface area contributed by atoms with Crippen LogP contribution in [0.4, 0.5) is 5.13 Å². The van der Waals surface area contributed by atoms with Crippen molar-refractivity contribution < 1.29 is 19.1 Å². The molecule has 0 spiro atoms. The van der Waals surface area contributed by atoms with Crippen LogP contribution in [-0.2, 0) is 14.3 Å². The van der Waals surface area contributed by atoms with Gasteiger partial charge in [-0.15, -0.1) is 0 Å². The lowest BCUT2D eigenvalue weighted by atomic mass is 10.0.